The zero-order chi connectivity index (χ0) is 25.2. The third-order valence-electron chi connectivity index (χ3n) is 6.53. The predicted octanol–water partition coefficient (Wildman–Crippen LogP) is 5.06. The fourth-order valence-electron chi connectivity index (χ4n) is 4.23. The molecule has 7 heteroatoms. The normalized spacial score (nSPS) is 17.0. The second-order valence-electron chi connectivity index (χ2n) is 9.05. The van der Waals surface area contributed by atoms with Crippen LogP contribution < -0.4 is 19.5 Å². The van der Waals surface area contributed by atoms with Gasteiger partial charge in [-0.1, -0.05) is 24.3 Å². The Balaban J connectivity index is 1.63. The number of benzene rings is 3. The van der Waals surface area contributed by atoms with Gasteiger partial charge in [-0.3, -0.25) is 4.79 Å². The fourth-order valence-corrected chi connectivity index (χ4v) is 4.23. The van der Waals surface area contributed by atoms with Crippen LogP contribution in [0.5, 0.6) is 17.2 Å². The Kier molecular flexibility index (Phi) is 6.69. The molecular formula is C28H29NO6. The van der Waals surface area contributed by atoms with E-state index in [1.54, 1.807) is 44.6 Å². The molecule has 0 spiro atoms. The first kappa shape index (κ1) is 24.1. The van der Waals surface area contributed by atoms with Gasteiger partial charge >= 0.3 is 5.97 Å². The highest BCUT2D eigenvalue weighted by atomic mass is 16.5. The maximum atomic E-state index is 13.5. The fraction of sp³-hybridized carbons (Fsp3) is 0.286. The van der Waals surface area contributed by atoms with Gasteiger partial charge in [0, 0.05) is 18.1 Å². The molecule has 0 radical (unpaired) electrons. The number of carboxylic acid groups (broad SMARTS) is 1. The Morgan fingerprint density at radius 3 is 2.17 bits per heavy atom. The van der Waals surface area contributed by atoms with Crippen molar-refractivity contribution in [1.29, 1.82) is 0 Å². The van der Waals surface area contributed by atoms with Gasteiger partial charge in [-0.15, -0.1) is 0 Å². The number of carboxylic acids is 1. The minimum atomic E-state index is -0.984. The van der Waals surface area contributed by atoms with Gasteiger partial charge in [-0.2, -0.15) is 0 Å². The van der Waals surface area contributed by atoms with Crippen LogP contribution in [0.2, 0.25) is 0 Å². The minimum absolute atomic E-state index is 0.115. The number of methoxy groups -OCH3 is 2. The first-order chi connectivity index (χ1) is 16.7. The average Bonchev–Trinajstić information content (AvgIpc) is 2.88. The highest BCUT2D eigenvalue weighted by molar-refractivity contribution is 5.88. The summed E-state index contributed by atoms with van der Waals surface area (Å²) in [7, 11) is 3.19. The number of hydrogen-bond donors (Lipinski definition) is 2. The van der Waals surface area contributed by atoms with E-state index in [-0.39, 0.29) is 23.6 Å². The van der Waals surface area contributed by atoms with Gasteiger partial charge in [0.1, 0.15) is 23.4 Å². The van der Waals surface area contributed by atoms with E-state index < -0.39 is 11.4 Å². The van der Waals surface area contributed by atoms with Gasteiger partial charge < -0.3 is 24.6 Å². The number of ether oxygens (including phenoxy) is 3. The van der Waals surface area contributed by atoms with Gasteiger partial charge in [-0.05, 0) is 61.4 Å². The Hall–Kier alpha value is -4.00. The summed E-state index contributed by atoms with van der Waals surface area (Å²) in [4.78, 5) is 24.8. The molecule has 7 nitrogen and oxygen atoms in total. The van der Waals surface area contributed by atoms with Crippen LogP contribution >= 0.6 is 0 Å². The molecule has 1 aliphatic rings. The van der Waals surface area contributed by atoms with Gasteiger partial charge in [0.2, 0.25) is 5.91 Å². The molecule has 0 unspecified atom stereocenters. The first-order valence-electron chi connectivity index (χ1n) is 11.4. The second kappa shape index (κ2) is 9.70. The second-order valence-corrected chi connectivity index (χ2v) is 9.05. The molecular weight excluding hydrogens is 446 g/mol. The molecule has 0 fully saturated rings. The molecule has 1 aliphatic heterocycles. The van der Waals surface area contributed by atoms with Crippen LogP contribution in [-0.2, 0) is 10.2 Å². The lowest BCUT2D eigenvalue weighted by Gasteiger charge is -2.35. The van der Waals surface area contributed by atoms with E-state index >= 15 is 0 Å². The Morgan fingerprint density at radius 2 is 1.57 bits per heavy atom. The molecule has 3 aromatic rings. The van der Waals surface area contributed by atoms with Crippen molar-refractivity contribution in [3.63, 3.8) is 0 Å². The maximum Gasteiger partial charge on any atom is 0.335 e. The van der Waals surface area contributed by atoms with Crippen molar-refractivity contribution >= 4 is 11.9 Å². The van der Waals surface area contributed by atoms with Crippen molar-refractivity contribution in [1.82, 2.24) is 5.32 Å². The lowest BCUT2D eigenvalue weighted by molar-refractivity contribution is -0.126. The molecule has 3 aromatic carbocycles. The van der Waals surface area contributed by atoms with Crippen LogP contribution in [0.1, 0.15) is 59.5 Å². The number of carbonyl (C=O) groups excluding carboxylic acids is 1. The molecule has 1 amide bonds. The largest absolute Gasteiger partial charge is 0.497 e. The zero-order valence-electron chi connectivity index (χ0n) is 20.2. The van der Waals surface area contributed by atoms with E-state index in [0.29, 0.717) is 17.9 Å². The van der Waals surface area contributed by atoms with Crippen molar-refractivity contribution in [3.05, 3.63) is 89.0 Å². The van der Waals surface area contributed by atoms with Crippen LogP contribution in [-0.4, -0.2) is 31.2 Å². The predicted molar refractivity (Wildman–Crippen MR) is 131 cm³/mol. The van der Waals surface area contributed by atoms with E-state index in [4.69, 9.17) is 14.2 Å². The highest BCUT2D eigenvalue weighted by Crippen LogP contribution is 2.43. The van der Waals surface area contributed by atoms with Gasteiger partial charge in [0.05, 0.1) is 31.2 Å². The smallest absolute Gasteiger partial charge is 0.335 e. The van der Waals surface area contributed by atoms with Crippen molar-refractivity contribution in [2.45, 2.75) is 37.8 Å². The molecule has 182 valence electrons. The lowest BCUT2D eigenvalue weighted by atomic mass is 9.82. The number of hydrogen-bond acceptors (Lipinski definition) is 5. The molecule has 0 saturated carbocycles. The Bertz CT molecular complexity index is 1220. The minimum Gasteiger partial charge on any atom is -0.497 e. The Morgan fingerprint density at radius 1 is 0.943 bits per heavy atom. The van der Waals surface area contributed by atoms with Crippen LogP contribution in [0.25, 0.3) is 0 Å². The molecule has 1 heterocycles. The SMILES string of the molecule is COc1ccc(C(C)(C)C(=O)N[C@@H]2C[C@H](c3ccc(C(=O)O)cc3)Oc3cc(OC)ccc32)cc1. The molecule has 0 bridgehead atoms. The van der Waals surface area contributed by atoms with Crippen molar-refractivity contribution in [2.24, 2.45) is 0 Å². The molecule has 0 aromatic heterocycles. The highest BCUT2D eigenvalue weighted by Gasteiger charge is 2.36. The van der Waals surface area contributed by atoms with Crippen molar-refractivity contribution in [2.75, 3.05) is 14.2 Å². The van der Waals surface area contributed by atoms with E-state index in [2.05, 4.69) is 5.32 Å². The van der Waals surface area contributed by atoms with E-state index in [1.165, 1.54) is 0 Å². The van der Waals surface area contributed by atoms with E-state index in [9.17, 15) is 14.7 Å². The standard InChI is InChI=1S/C28H29NO6/c1-28(2,19-9-11-20(33-3)12-10-19)27(32)29-23-16-24(17-5-7-18(8-6-17)26(30)31)35-25-15-21(34-4)13-14-22(23)25/h5-15,23-24H,16H2,1-4H3,(H,29,32)(H,30,31)/t23-,24-/m1/s1. The van der Waals surface area contributed by atoms with Crippen LogP contribution in [0.3, 0.4) is 0 Å². The summed E-state index contributed by atoms with van der Waals surface area (Å²) in [5.41, 5.74) is 1.99. The number of fused-ring (bicyclic) bond motifs is 1. The summed E-state index contributed by atoms with van der Waals surface area (Å²) in [6.45, 7) is 3.78. The van der Waals surface area contributed by atoms with Gasteiger partial charge in [0.25, 0.3) is 0 Å². The molecule has 35 heavy (non-hydrogen) atoms. The number of amides is 1. The summed E-state index contributed by atoms with van der Waals surface area (Å²) in [5, 5.41) is 12.4. The molecule has 2 N–H and O–H groups in total. The Labute approximate surface area is 204 Å². The third-order valence-corrected chi connectivity index (χ3v) is 6.53. The number of aromatic carboxylic acids is 1. The zero-order valence-corrected chi connectivity index (χ0v) is 20.2. The first-order valence-corrected chi connectivity index (χ1v) is 11.4. The summed E-state index contributed by atoms with van der Waals surface area (Å²) < 4.78 is 16.9. The van der Waals surface area contributed by atoms with E-state index in [1.807, 2.05) is 50.2 Å². The molecule has 0 saturated heterocycles. The van der Waals surface area contributed by atoms with Crippen LogP contribution in [0.4, 0.5) is 0 Å². The number of nitrogens with one attached hydrogen (secondary N) is 1. The van der Waals surface area contributed by atoms with Gasteiger partial charge in [-0.25, -0.2) is 4.79 Å². The van der Waals surface area contributed by atoms with Crippen molar-refractivity contribution in [3.8, 4) is 17.2 Å². The van der Waals surface area contributed by atoms with Crippen LogP contribution in [0.15, 0.2) is 66.7 Å². The maximum absolute atomic E-state index is 13.5. The number of carbonyl (C=O) groups is 2. The summed E-state index contributed by atoms with van der Waals surface area (Å²) >= 11 is 0. The van der Waals surface area contributed by atoms with E-state index in [0.717, 1.165) is 22.4 Å². The summed E-state index contributed by atoms with van der Waals surface area (Å²) in [5.74, 6) is 0.900. The monoisotopic (exact) mass is 475 g/mol. The summed E-state index contributed by atoms with van der Waals surface area (Å²) in [6, 6.07) is 19.3. The third kappa shape index (κ3) is 4.94. The topological polar surface area (TPSA) is 94.1 Å². The summed E-state index contributed by atoms with van der Waals surface area (Å²) in [6.07, 6.45) is 0.128. The lowest BCUT2D eigenvalue weighted by Crippen LogP contribution is -2.43. The molecule has 0 aliphatic carbocycles. The average molecular weight is 476 g/mol. The molecule has 4 rings (SSSR count). The molecule has 2 atom stereocenters. The van der Waals surface area contributed by atoms with Crippen LogP contribution in [0, 0.1) is 0 Å². The quantitative estimate of drug-likeness (QED) is 0.496. The van der Waals surface area contributed by atoms with Crippen molar-refractivity contribution < 1.29 is 28.9 Å². The number of rotatable bonds is 7. The van der Waals surface area contributed by atoms with Gasteiger partial charge in [0.15, 0.2) is 0 Å².